The van der Waals surface area contributed by atoms with Gasteiger partial charge in [-0.1, -0.05) is 72.3 Å². The maximum atomic E-state index is 13.3. The summed E-state index contributed by atoms with van der Waals surface area (Å²) in [5, 5.41) is 5.98. The highest BCUT2D eigenvalue weighted by Gasteiger charge is 2.22. The molecule has 0 radical (unpaired) electrons. The zero-order valence-electron chi connectivity index (χ0n) is 18.5. The van der Waals surface area contributed by atoms with Crippen LogP contribution in [0, 0.1) is 6.92 Å². The molecule has 170 valence electrons. The van der Waals surface area contributed by atoms with Crippen LogP contribution < -0.4 is 10.6 Å². The summed E-state index contributed by atoms with van der Waals surface area (Å²) in [6, 6.07) is 31.6. The molecule has 0 fully saturated rings. The number of benzene rings is 4. The first-order valence-corrected chi connectivity index (χ1v) is 12.0. The van der Waals surface area contributed by atoms with Gasteiger partial charge in [-0.15, -0.1) is 11.8 Å². The normalized spacial score (nSPS) is 11.5. The average Bonchev–Trinajstić information content (AvgIpc) is 2.83. The Balaban J connectivity index is 1.55. The number of aryl methyl sites for hydroxylation is 1. The Hall–Kier alpha value is -3.54. The minimum Gasteiger partial charge on any atom is -0.325 e. The second kappa shape index (κ2) is 11.1. The van der Waals surface area contributed by atoms with Crippen LogP contribution in [-0.2, 0) is 4.79 Å². The number of amides is 2. The number of rotatable bonds is 7. The van der Waals surface area contributed by atoms with E-state index < -0.39 is 5.25 Å². The van der Waals surface area contributed by atoms with Crippen molar-refractivity contribution >= 4 is 46.6 Å². The molecule has 0 saturated carbocycles. The van der Waals surface area contributed by atoms with Gasteiger partial charge in [0.15, 0.2) is 0 Å². The Bertz CT molecular complexity index is 1310. The van der Waals surface area contributed by atoms with Gasteiger partial charge < -0.3 is 10.6 Å². The number of halogens is 1. The van der Waals surface area contributed by atoms with Crippen molar-refractivity contribution < 1.29 is 9.59 Å². The molecule has 2 amide bonds. The molecule has 0 spiro atoms. The third-order valence-corrected chi connectivity index (χ3v) is 6.65. The molecular weight excluding hydrogens is 464 g/mol. The summed E-state index contributed by atoms with van der Waals surface area (Å²) < 4.78 is 0. The van der Waals surface area contributed by atoms with Crippen LogP contribution in [0.25, 0.3) is 0 Å². The highest BCUT2D eigenvalue weighted by molar-refractivity contribution is 8.00. The lowest BCUT2D eigenvalue weighted by atomic mass is 10.1. The van der Waals surface area contributed by atoms with Crippen LogP contribution in [0.1, 0.15) is 26.7 Å². The van der Waals surface area contributed by atoms with E-state index >= 15 is 0 Å². The quantitative estimate of drug-likeness (QED) is 0.268. The largest absolute Gasteiger partial charge is 0.325 e. The number of carbonyl (C=O) groups is 2. The molecule has 0 aliphatic carbocycles. The summed E-state index contributed by atoms with van der Waals surface area (Å²) in [6.07, 6.45) is 0. The summed E-state index contributed by atoms with van der Waals surface area (Å²) in [5.41, 5.74) is 3.72. The van der Waals surface area contributed by atoms with Crippen LogP contribution in [0.3, 0.4) is 0 Å². The second-order valence-electron chi connectivity index (χ2n) is 7.71. The summed E-state index contributed by atoms with van der Waals surface area (Å²) in [5.74, 6) is -0.327. The third-order valence-electron chi connectivity index (χ3n) is 5.17. The lowest BCUT2D eigenvalue weighted by Gasteiger charge is -2.18. The zero-order chi connectivity index (χ0) is 23.9. The molecule has 0 aliphatic rings. The van der Waals surface area contributed by atoms with Gasteiger partial charge in [0, 0.05) is 26.9 Å². The van der Waals surface area contributed by atoms with E-state index in [2.05, 4.69) is 10.6 Å². The molecule has 0 heterocycles. The predicted octanol–water partition coefficient (Wildman–Crippen LogP) is 7.37. The lowest BCUT2D eigenvalue weighted by Crippen LogP contribution is -2.19. The van der Waals surface area contributed by atoms with Crippen molar-refractivity contribution in [1.82, 2.24) is 0 Å². The molecule has 1 unspecified atom stereocenters. The van der Waals surface area contributed by atoms with Crippen molar-refractivity contribution in [3.8, 4) is 0 Å². The Morgan fingerprint density at radius 1 is 0.765 bits per heavy atom. The summed E-state index contributed by atoms with van der Waals surface area (Å²) in [6.45, 7) is 1.91. The minimum absolute atomic E-state index is 0.159. The van der Waals surface area contributed by atoms with Gasteiger partial charge in [-0.3, -0.25) is 9.59 Å². The first-order valence-electron chi connectivity index (χ1n) is 10.7. The van der Waals surface area contributed by atoms with Crippen LogP contribution >= 0.6 is 23.4 Å². The monoisotopic (exact) mass is 486 g/mol. The Morgan fingerprint density at radius 2 is 1.44 bits per heavy atom. The Kier molecular flexibility index (Phi) is 7.68. The highest BCUT2D eigenvalue weighted by atomic mass is 35.5. The zero-order valence-corrected chi connectivity index (χ0v) is 20.1. The first-order chi connectivity index (χ1) is 16.5. The van der Waals surface area contributed by atoms with E-state index in [1.807, 2.05) is 79.7 Å². The van der Waals surface area contributed by atoms with E-state index in [4.69, 9.17) is 11.6 Å². The molecule has 1 atom stereocenters. The molecule has 34 heavy (non-hydrogen) atoms. The van der Waals surface area contributed by atoms with Crippen LogP contribution in [-0.4, -0.2) is 11.8 Å². The molecule has 4 nitrogen and oxygen atoms in total. The molecule has 4 rings (SSSR count). The lowest BCUT2D eigenvalue weighted by molar-refractivity contribution is -0.115. The van der Waals surface area contributed by atoms with Crippen molar-refractivity contribution in [2.75, 3.05) is 10.6 Å². The summed E-state index contributed by atoms with van der Waals surface area (Å²) >= 11 is 7.49. The predicted molar refractivity (Wildman–Crippen MR) is 141 cm³/mol. The number of nitrogens with one attached hydrogen (secondary N) is 2. The number of hydrogen-bond acceptors (Lipinski definition) is 3. The van der Waals surface area contributed by atoms with E-state index in [1.54, 1.807) is 30.3 Å². The van der Waals surface area contributed by atoms with E-state index in [-0.39, 0.29) is 11.8 Å². The standard InChI is InChI=1S/C28H23ClN2O2S/c1-19-9-5-6-16-25(19)27(32)30-23-14-8-15-24(18-23)34-26(20-10-3-2-4-11-20)28(33)31-22-13-7-12-21(29)17-22/h2-18,26H,1H3,(H,30,32)(H,31,33). The van der Waals surface area contributed by atoms with Crippen molar-refractivity contribution in [3.63, 3.8) is 0 Å². The van der Waals surface area contributed by atoms with Crippen molar-refractivity contribution in [2.45, 2.75) is 17.1 Å². The van der Waals surface area contributed by atoms with Gasteiger partial charge in [0.25, 0.3) is 5.91 Å². The van der Waals surface area contributed by atoms with Crippen molar-refractivity contribution in [3.05, 3.63) is 125 Å². The first kappa shape index (κ1) is 23.6. The third kappa shape index (κ3) is 6.07. The van der Waals surface area contributed by atoms with Crippen molar-refractivity contribution in [2.24, 2.45) is 0 Å². The highest BCUT2D eigenvalue weighted by Crippen LogP contribution is 2.37. The number of hydrogen-bond donors (Lipinski definition) is 2. The maximum Gasteiger partial charge on any atom is 0.255 e. The van der Waals surface area contributed by atoms with E-state index in [9.17, 15) is 9.59 Å². The van der Waals surface area contributed by atoms with Gasteiger partial charge >= 0.3 is 0 Å². The molecule has 4 aromatic carbocycles. The molecule has 0 bridgehead atoms. The van der Waals surface area contributed by atoms with Crippen LogP contribution in [0.2, 0.25) is 5.02 Å². The number of thioether (sulfide) groups is 1. The summed E-state index contributed by atoms with van der Waals surface area (Å²) in [4.78, 5) is 26.9. The number of carbonyl (C=O) groups excluding carboxylic acids is 2. The molecule has 4 aromatic rings. The smallest absolute Gasteiger partial charge is 0.255 e. The van der Waals surface area contributed by atoms with Gasteiger partial charge in [0.05, 0.1) is 0 Å². The van der Waals surface area contributed by atoms with Crippen LogP contribution in [0.4, 0.5) is 11.4 Å². The Labute approximate surface area is 208 Å². The molecule has 0 aliphatic heterocycles. The van der Waals surface area contributed by atoms with Crippen molar-refractivity contribution in [1.29, 1.82) is 0 Å². The average molecular weight is 487 g/mol. The van der Waals surface area contributed by atoms with Gasteiger partial charge in [-0.25, -0.2) is 0 Å². The second-order valence-corrected chi connectivity index (χ2v) is 9.32. The van der Waals surface area contributed by atoms with E-state index in [0.29, 0.717) is 22.0 Å². The Morgan fingerprint density at radius 3 is 2.18 bits per heavy atom. The van der Waals surface area contributed by atoms with Gasteiger partial charge in [0.1, 0.15) is 5.25 Å². The molecule has 2 N–H and O–H groups in total. The van der Waals surface area contributed by atoms with Gasteiger partial charge in [-0.2, -0.15) is 0 Å². The van der Waals surface area contributed by atoms with E-state index in [1.165, 1.54) is 11.8 Å². The van der Waals surface area contributed by atoms with Gasteiger partial charge in [-0.05, 0) is 60.5 Å². The fourth-order valence-corrected chi connectivity index (χ4v) is 4.76. The minimum atomic E-state index is -0.498. The molecule has 6 heteroatoms. The molecule has 0 saturated heterocycles. The topological polar surface area (TPSA) is 58.2 Å². The van der Waals surface area contributed by atoms with E-state index in [0.717, 1.165) is 16.0 Å². The maximum absolute atomic E-state index is 13.3. The fourth-order valence-electron chi connectivity index (χ4n) is 3.48. The number of anilines is 2. The SMILES string of the molecule is Cc1ccccc1C(=O)Nc1cccc(SC(C(=O)Nc2cccc(Cl)c2)c2ccccc2)c1. The van der Waals surface area contributed by atoms with Crippen LogP contribution in [0.5, 0.6) is 0 Å². The molecule has 0 aromatic heterocycles. The van der Waals surface area contributed by atoms with Crippen LogP contribution in [0.15, 0.2) is 108 Å². The molecular formula is C28H23ClN2O2S. The fraction of sp³-hybridized carbons (Fsp3) is 0.0714. The summed E-state index contributed by atoms with van der Waals surface area (Å²) in [7, 11) is 0. The van der Waals surface area contributed by atoms with Gasteiger partial charge in [0.2, 0.25) is 5.91 Å².